The van der Waals surface area contributed by atoms with Crippen LogP contribution < -0.4 is 9.47 Å². The molecule has 120 valence electrons. The van der Waals surface area contributed by atoms with Gasteiger partial charge in [-0.25, -0.2) is 0 Å². The lowest BCUT2D eigenvalue weighted by Crippen LogP contribution is -2.41. The highest BCUT2D eigenvalue weighted by molar-refractivity contribution is 5.74. The topological polar surface area (TPSA) is 65.1 Å². The van der Waals surface area contributed by atoms with Gasteiger partial charge in [-0.1, -0.05) is 12.1 Å². The summed E-state index contributed by atoms with van der Waals surface area (Å²) >= 11 is 0. The third-order valence-electron chi connectivity index (χ3n) is 3.85. The largest absolute Gasteiger partial charge is 0.493 e. The third kappa shape index (κ3) is 3.16. The average molecular weight is 307 g/mol. The lowest BCUT2D eigenvalue weighted by molar-refractivity contribution is -0.144. The van der Waals surface area contributed by atoms with Crippen LogP contribution in [0.3, 0.4) is 0 Å². The van der Waals surface area contributed by atoms with Crippen LogP contribution in [0.25, 0.3) is 0 Å². The van der Waals surface area contributed by atoms with E-state index in [0.717, 1.165) is 5.56 Å². The summed E-state index contributed by atoms with van der Waals surface area (Å²) in [6.07, 6.45) is 0. The second-order valence-corrected chi connectivity index (χ2v) is 5.33. The molecule has 0 aromatic heterocycles. The number of esters is 1. The Hall–Kier alpha value is -2.24. The molecule has 6 heteroatoms. The monoisotopic (exact) mass is 307 g/mol. The molecule has 1 heterocycles. The highest BCUT2D eigenvalue weighted by atomic mass is 16.5. The van der Waals surface area contributed by atoms with Crippen molar-refractivity contribution in [3.63, 3.8) is 0 Å². The van der Waals surface area contributed by atoms with E-state index in [0.29, 0.717) is 18.1 Å². The van der Waals surface area contributed by atoms with E-state index in [1.165, 1.54) is 13.8 Å². The molecule has 2 rings (SSSR count). The summed E-state index contributed by atoms with van der Waals surface area (Å²) in [6, 6.07) is 5.35. The van der Waals surface area contributed by atoms with Gasteiger partial charge in [0.2, 0.25) is 5.91 Å². The number of amides is 1. The van der Waals surface area contributed by atoms with Gasteiger partial charge in [-0.3, -0.25) is 9.59 Å². The zero-order chi connectivity index (χ0) is 16.3. The van der Waals surface area contributed by atoms with Gasteiger partial charge >= 0.3 is 5.97 Å². The predicted molar refractivity (Wildman–Crippen MR) is 79.8 cm³/mol. The van der Waals surface area contributed by atoms with Gasteiger partial charge in [0, 0.05) is 26.5 Å². The van der Waals surface area contributed by atoms with Crippen molar-refractivity contribution in [3.8, 4) is 11.5 Å². The first-order valence-electron chi connectivity index (χ1n) is 7.12. The Morgan fingerprint density at radius 1 is 1.36 bits per heavy atom. The van der Waals surface area contributed by atoms with Crippen molar-refractivity contribution in [2.24, 2.45) is 5.92 Å². The van der Waals surface area contributed by atoms with Crippen LogP contribution in [-0.2, 0) is 14.3 Å². The van der Waals surface area contributed by atoms with Crippen LogP contribution >= 0.6 is 0 Å². The van der Waals surface area contributed by atoms with Crippen LogP contribution in [0.4, 0.5) is 0 Å². The summed E-state index contributed by atoms with van der Waals surface area (Å²) in [6.45, 7) is 3.43. The molecule has 6 nitrogen and oxygen atoms in total. The number of methoxy groups -OCH3 is 1. The highest BCUT2D eigenvalue weighted by Crippen LogP contribution is 2.43. The summed E-state index contributed by atoms with van der Waals surface area (Å²) < 4.78 is 16.2. The fourth-order valence-corrected chi connectivity index (χ4v) is 2.70. The van der Waals surface area contributed by atoms with E-state index in [9.17, 15) is 9.59 Å². The first kappa shape index (κ1) is 16.1. The summed E-state index contributed by atoms with van der Waals surface area (Å²) in [4.78, 5) is 24.6. The van der Waals surface area contributed by atoms with Crippen LogP contribution in [0.5, 0.6) is 11.5 Å². The summed E-state index contributed by atoms with van der Waals surface area (Å²) in [5.74, 6) is 0.735. The maximum absolute atomic E-state index is 11.8. The maximum atomic E-state index is 11.8. The number of rotatable bonds is 4. The number of para-hydroxylation sites is 1. The van der Waals surface area contributed by atoms with E-state index in [-0.39, 0.29) is 30.4 Å². The molecule has 1 aliphatic rings. The zero-order valence-electron chi connectivity index (χ0n) is 13.3. The van der Waals surface area contributed by atoms with Gasteiger partial charge in [-0.15, -0.1) is 0 Å². The molecule has 0 bridgehead atoms. The SMILES string of the molecule is COc1cccc2c1OC[C@H](COC(C)=O)[C@@H]2N(C)C(C)=O. The predicted octanol–water partition coefficient (Wildman–Crippen LogP) is 1.79. The van der Waals surface area contributed by atoms with Crippen LogP contribution in [0.1, 0.15) is 25.5 Å². The molecule has 1 aromatic rings. The summed E-state index contributed by atoms with van der Waals surface area (Å²) in [5.41, 5.74) is 0.862. The Labute approximate surface area is 129 Å². The zero-order valence-corrected chi connectivity index (χ0v) is 13.3. The van der Waals surface area contributed by atoms with Crippen molar-refractivity contribution in [2.75, 3.05) is 27.4 Å². The summed E-state index contributed by atoms with van der Waals surface area (Å²) in [5, 5.41) is 0. The molecule has 0 N–H and O–H groups in total. The number of hydrogen-bond donors (Lipinski definition) is 0. The van der Waals surface area contributed by atoms with Gasteiger partial charge in [-0.05, 0) is 6.07 Å². The van der Waals surface area contributed by atoms with E-state index < -0.39 is 0 Å². The van der Waals surface area contributed by atoms with Crippen LogP contribution in [0, 0.1) is 5.92 Å². The molecular weight excluding hydrogens is 286 g/mol. The van der Waals surface area contributed by atoms with Gasteiger partial charge in [0.25, 0.3) is 0 Å². The van der Waals surface area contributed by atoms with Gasteiger partial charge < -0.3 is 19.1 Å². The van der Waals surface area contributed by atoms with Crippen molar-refractivity contribution in [3.05, 3.63) is 23.8 Å². The van der Waals surface area contributed by atoms with Gasteiger partial charge in [-0.2, -0.15) is 0 Å². The minimum Gasteiger partial charge on any atom is -0.493 e. The number of carbonyl (C=O) groups is 2. The maximum Gasteiger partial charge on any atom is 0.302 e. The Morgan fingerprint density at radius 3 is 2.68 bits per heavy atom. The van der Waals surface area contributed by atoms with Gasteiger partial charge in [0.05, 0.1) is 32.3 Å². The molecule has 22 heavy (non-hydrogen) atoms. The standard InChI is InChI=1S/C16H21NO5/c1-10(18)17(3)15-12(8-21-11(2)19)9-22-16-13(15)6-5-7-14(16)20-4/h5-7,12,15H,8-9H2,1-4H3/t12-,15-/m0/s1. The van der Waals surface area contributed by atoms with E-state index >= 15 is 0 Å². The highest BCUT2D eigenvalue weighted by Gasteiger charge is 2.37. The quantitative estimate of drug-likeness (QED) is 0.793. The smallest absolute Gasteiger partial charge is 0.302 e. The summed E-state index contributed by atoms with van der Waals surface area (Å²) in [7, 11) is 3.32. The molecule has 0 spiro atoms. The van der Waals surface area contributed by atoms with Gasteiger partial charge in [0.1, 0.15) is 0 Å². The fraction of sp³-hybridized carbons (Fsp3) is 0.500. The third-order valence-corrected chi connectivity index (χ3v) is 3.85. The molecule has 0 saturated carbocycles. The second-order valence-electron chi connectivity index (χ2n) is 5.33. The number of benzene rings is 1. The molecule has 0 fully saturated rings. The number of nitrogens with zero attached hydrogens (tertiary/aromatic N) is 1. The second kappa shape index (κ2) is 6.68. The Kier molecular flexibility index (Phi) is 4.90. The first-order valence-corrected chi connectivity index (χ1v) is 7.12. The number of ether oxygens (including phenoxy) is 3. The minimum absolute atomic E-state index is 0.0616. The molecule has 1 aliphatic heterocycles. The lowest BCUT2D eigenvalue weighted by atomic mass is 9.89. The van der Waals surface area contributed by atoms with E-state index in [2.05, 4.69) is 0 Å². The van der Waals surface area contributed by atoms with Crippen LogP contribution in [0.2, 0.25) is 0 Å². The van der Waals surface area contributed by atoms with Crippen molar-refractivity contribution >= 4 is 11.9 Å². The molecule has 1 aromatic carbocycles. The minimum atomic E-state index is -0.347. The lowest BCUT2D eigenvalue weighted by Gasteiger charge is -2.38. The Morgan fingerprint density at radius 2 is 2.09 bits per heavy atom. The van der Waals surface area contributed by atoms with Crippen LogP contribution in [-0.4, -0.2) is 44.1 Å². The Balaban J connectivity index is 2.39. The van der Waals surface area contributed by atoms with Crippen molar-refractivity contribution in [1.29, 1.82) is 0 Å². The van der Waals surface area contributed by atoms with Crippen LogP contribution in [0.15, 0.2) is 18.2 Å². The molecule has 0 saturated heterocycles. The fourth-order valence-electron chi connectivity index (χ4n) is 2.70. The molecule has 0 aliphatic carbocycles. The Bertz CT molecular complexity index is 572. The van der Waals surface area contributed by atoms with Crippen molar-refractivity contribution in [2.45, 2.75) is 19.9 Å². The van der Waals surface area contributed by atoms with Gasteiger partial charge in [0.15, 0.2) is 11.5 Å². The first-order chi connectivity index (χ1) is 10.5. The van der Waals surface area contributed by atoms with E-state index in [1.54, 1.807) is 19.1 Å². The number of fused-ring (bicyclic) bond motifs is 1. The molecule has 0 radical (unpaired) electrons. The average Bonchev–Trinajstić information content (AvgIpc) is 2.50. The number of hydrogen-bond acceptors (Lipinski definition) is 5. The molecular formula is C16H21NO5. The van der Waals surface area contributed by atoms with E-state index in [1.807, 2.05) is 18.2 Å². The molecule has 1 amide bonds. The van der Waals surface area contributed by atoms with Crippen molar-refractivity contribution < 1.29 is 23.8 Å². The van der Waals surface area contributed by atoms with E-state index in [4.69, 9.17) is 14.2 Å². The van der Waals surface area contributed by atoms with Crippen molar-refractivity contribution in [1.82, 2.24) is 4.90 Å². The molecule has 2 atom stereocenters. The number of carbonyl (C=O) groups excluding carboxylic acids is 2. The normalized spacial score (nSPS) is 19.6. The molecule has 0 unspecified atom stereocenters.